The summed E-state index contributed by atoms with van der Waals surface area (Å²) < 4.78 is 4.64. The van der Waals surface area contributed by atoms with Crippen LogP contribution in [0.15, 0.2) is 28.6 Å². The molecule has 1 aromatic heterocycles. The van der Waals surface area contributed by atoms with E-state index in [9.17, 15) is 19.5 Å². The number of β-lactam (4-membered cyclic amide) rings is 1. The van der Waals surface area contributed by atoms with Gasteiger partial charge in [-0.3, -0.25) is 14.5 Å². The van der Waals surface area contributed by atoms with Crippen LogP contribution in [0.2, 0.25) is 0 Å². The highest BCUT2D eigenvalue weighted by molar-refractivity contribution is 14.1. The number of aromatic nitrogens is 2. The molecule has 14 heteroatoms. The summed E-state index contributed by atoms with van der Waals surface area (Å²) in [6.07, 6.45) is 3.53. The zero-order chi connectivity index (χ0) is 21.1. The number of nitrogens with zero attached hydrogens (tertiary/aromatic N) is 4. The van der Waals surface area contributed by atoms with Crippen LogP contribution >= 0.6 is 45.9 Å². The fourth-order valence-electron chi connectivity index (χ4n) is 2.77. The van der Waals surface area contributed by atoms with Gasteiger partial charge in [-0.1, -0.05) is 39.9 Å². The Kier molecular flexibility index (Phi) is 6.74. The third kappa shape index (κ3) is 4.23. The smallest absolute Gasteiger partial charge is 0.352 e. The molecule has 2 aliphatic rings. The maximum Gasteiger partial charge on any atom is 0.352 e. The summed E-state index contributed by atoms with van der Waals surface area (Å²) in [4.78, 5) is 46.8. The van der Waals surface area contributed by atoms with Crippen molar-refractivity contribution in [2.75, 3.05) is 23.0 Å². The first kappa shape index (κ1) is 21.5. The minimum Gasteiger partial charge on any atom is -0.477 e. The van der Waals surface area contributed by atoms with E-state index in [1.165, 1.54) is 23.8 Å². The molecule has 2 atom stereocenters. The zero-order valence-corrected chi connectivity index (χ0v) is 18.7. The van der Waals surface area contributed by atoms with E-state index in [0.717, 1.165) is 11.5 Å². The summed E-state index contributed by atoms with van der Waals surface area (Å²) in [7, 11) is 1.25. The van der Waals surface area contributed by atoms with E-state index >= 15 is 0 Å². The summed E-state index contributed by atoms with van der Waals surface area (Å²) in [5.41, 5.74) is 5.80. The molecule has 1 saturated heterocycles. The highest BCUT2D eigenvalue weighted by Gasteiger charge is 2.54. The summed E-state index contributed by atoms with van der Waals surface area (Å²) in [6, 6.07) is -0.907. The second-order valence-electron chi connectivity index (χ2n) is 5.68. The number of oxime groups is 1. The molecular formula is C15H15IN6O5S2. The van der Waals surface area contributed by atoms with Crippen LogP contribution in [0.25, 0.3) is 0 Å². The number of aliphatic carboxylic acids is 1. The monoisotopic (exact) mass is 550 g/mol. The number of nitrogens with one attached hydrogen (secondary N) is 1. The number of fused-ring (bicyclic) bond motifs is 1. The number of thioether (sulfide) groups is 1. The third-order valence-electron chi connectivity index (χ3n) is 3.95. The van der Waals surface area contributed by atoms with Gasteiger partial charge >= 0.3 is 5.97 Å². The SMILES string of the molecule is CON=C(C(=O)N[C@@H]1C(=O)N2C(C(=O)O)=C(C=CCI)CS[C@@H]12)c1nsc(N)n1. The Bertz CT molecular complexity index is 945. The van der Waals surface area contributed by atoms with Crippen LogP contribution in [-0.2, 0) is 19.2 Å². The summed E-state index contributed by atoms with van der Waals surface area (Å²) in [5.74, 6) is -2.05. The van der Waals surface area contributed by atoms with Gasteiger partial charge in [-0.05, 0) is 5.57 Å². The molecular weight excluding hydrogens is 535 g/mol. The first-order valence-electron chi connectivity index (χ1n) is 8.04. The molecule has 0 spiro atoms. The van der Waals surface area contributed by atoms with Crippen LogP contribution in [0, 0.1) is 0 Å². The quantitative estimate of drug-likeness (QED) is 0.142. The Morgan fingerprint density at radius 3 is 2.90 bits per heavy atom. The Balaban J connectivity index is 1.80. The summed E-state index contributed by atoms with van der Waals surface area (Å²) in [6.45, 7) is 0. The lowest BCUT2D eigenvalue weighted by atomic mass is 10.0. The topological polar surface area (TPSA) is 160 Å². The second-order valence-corrected chi connectivity index (χ2v) is 8.44. The number of anilines is 1. The van der Waals surface area contributed by atoms with Crippen LogP contribution in [0.4, 0.5) is 5.13 Å². The largest absolute Gasteiger partial charge is 0.477 e. The highest BCUT2D eigenvalue weighted by Crippen LogP contribution is 2.40. The number of amides is 2. The average Bonchev–Trinajstić information content (AvgIpc) is 3.13. The third-order valence-corrected chi connectivity index (χ3v) is 6.30. The van der Waals surface area contributed by atoms with E-state index in [0.29, 0.717) is 15.8 Å². The predicted octanol–water partition coefficient (Wildman–Crippen LogP) is 0.201. The molecule has 0 aliphatic carbocycles. The maximum atomic E-state index is 12.6. The number of nitrogen functional groups attached to an aromatic ring is 1. The summed E-state index contributed by atoms with van der Waals surface area (Å²) in [5, 5.41) is 15.4. The van der Waals surface area contributed by atoms with Gasteiger partial charge in [-0.2, -0.15) is 9.36 Å². The molecule has 0 bridgehead atoms. The number of rotatable bonds is 7. The Labute approximate surface area is 186 Å². The zero-order valence-electron chi connectivity index (χ0n) is 14.9. The van der Waals surface area contributed by atoms with Crippen molar-refractivity contribution in [3.8, 4) is 0 Å². The number of carboxylic acid groups (broad SMARTS) is 1. The molecule has 3 heterocycles. The van der Waals surface area contributed by atoms with Crippen molar-refractivity contribution in [1.29, 1.82) is 0 Å². The fraction of sp³-hybridized carbons (Fsp3) is 0.333. The average molecular weight is 550 g/mol. The van der Waals surface area contributed by atoms with Gasteiger partial charge in [-0.25, -0.2) is 4.79 Å². The Morgan fingerprint density at radius 2 is 2.31 bits per heavy atom. The highest BCUT2D eigenvalue weighted by atomic mass is 127. The number of hydrogen-bond donors (Lipinski definition) is 3. The lowest BCUT2D eigenvalue weighted by molar-refractivity contribution is -0.150. The number of alkyl halides is 1. The van der Waals surface area contributed by atoms with Crippen LogP contribution in [-0.4, -0.2) is 71.6 Å². The number of hydrogen-bond acceptors (Lipinski definition) is 10. The number of carboxylic acids is 1. The van der Waals surface area contributed by atoms with Crippen LogP contribution in [0.3, 0.4) is 0 Å². The summed E-state index contributed by atoms with van der Waals surface area (Å²) >= 11 is 4.39. The minimum absolute atomic E-state index is 0.0240. The lowest BCUT2D eigenvalue weighted by Crippen LogP contribution is -2.71. The maximum absolute atomic E-state index is 12.6. The van der Waals surface area contributed by atoms with E-state index in [-0.39, 0.29) is 22.4 Å². The minimum atomic E-state index is -1.19. The van der Waals surface area contributed by atoms with Gasteiger partial charge in [0.1, 0.15) is 24.2 Å². The molecule has 1 fully saturated rings. The van der Waals surface area contributed by atoms with Gasteiger partial charge in [0.2, 0.25) is 11.5 Å². The van der Waals surface area contributed by atoms with Crippen LogP contribution in [0.5, 0.6) is 0 Å². The molecule has 1 aromatic rings. The number of halogens is 1. The molecule has 154 valence electrons. The Hall–Kier alpha value is -2.20. The fourth-order valence-corrected chi connectivity index (χ4v) is 4.78. The molecule has 0 aromatic carbocycles. The van der Waals surface area contributed by atoms with Gasteiger partial charge in [0.05, 0.1) is 0 Å². The normalized spacial score (nSPS) is 21.8. The molecule has 0 unspecified atom stereocenters. The van der Waals surface area contributed by atoms with Crippen LogP contribution in [0.1, 0.15) is 5.82 Å². The molecule has 29 heavy (non-hydrogen) atoms. The predicted molar refractivity (Wildman–Crippen MR) is 116 cm³/mol. The molecule has 3 rings (SSSR count). The lowest BCUT2D eigenvalue weighted by Gasteiger charge is -2.49. The molecule has 0 saturated carbocycles. The van der Waals surface area contributed by atoms with Gasteiger partial charge in [0.25, 0.3) is 11.8 Å². The first-order valence-corrected chi connectivity index (χ1v) is 11.4. The molecule has 2 aliphatic heterocycles. The number of nitrogens with two attached hydrogens (primary N) is 1. The number of allylic oxidation sites excluding steroid dienone is 2. The van der Waals surface area contributed by atoms with Gasteiger partial charge in [0.15, 0.2) is 5.13 Å². The molecule has 11 nitrogen and oxygen atoms in total. The van der Waals surface area contributed by atoms with E-state index < -0.39 is 29.2 Å². The molecule has 2 amide bonds. The molecule has 4 N–H and O–H groups in total. The van der Waals surface area contributed by atoms with Gasteiger partial charge < -0.3 is 21.0 Å². The van der Waals surface area contributed by atoms with E-state index in [2.05, 4.69) is 47.3 Å². The first-order chi connectivity index (χ1) is 13.9. The van der Waals surface area contributed by atoms with Gasteiger partial charge in [0, 0.05) is 21.7 Å². The van der Waals surface area contributed by atoms with Crippen molar-refractivity contribution >= 4 is 74.5 Å². The van der Waals surface area contributed by atoms with Crippen molar-refractivity contribution in [3.63, 3.8) is 0 Å². The van der Waals surface area contributed by atoms with Crippen molar-refractivity contribution in [3.05, 3.63) is 29.2 Å². The standard InChI is InChI=1S/C15H15IN6O5S2/c1-27-20-7(10-19-15(17)29-21-10)11(23)18-8-12(24)22-9(14(25)26)6(3-2-4-16)5-28-13(8)22/h2-3,8,13H,4-5H2,1H3,(H,18,23)(H,25,26)(H2,17,19,21)/t8-,13+/m1/s1. The van der Waals surface area contributed by atoms with Crippen molar-refractivity contribution in [2.45, 2.75) is 11.4 Å². The van der Waals surface area contributed by atoms with E-state index in [4.69, 9.17) is 5.73 Å². The Morgan fingerprint density at radius 1 is 1.55 bits per heavy atom. The molecule has 0 radical (unpaired) electrons. The van der Waals surface area contributed by atoms with Crippen molar-refractivity contribution < 1.29 is 24.3 Å². The van der Waals surface area contributed by atoms with E-state index in [1.807, 2.05) is 6.08 Å². The number of carbonyl (C=O) groups excluding carboxylic acids is 2. The van der Waals surface area contributed by atoms with Crippen molar-refractivity contribution in [1.82, 2.24) is 19.6 Å². The van der Waals surface area contributed by atoms with E-state index in [1.54, 1.807) is 6.08 Å². The second kappa shape index (κ2) is 9.08. The number of carbonyl (C=O) groups is 3. The van der Waals surface area contributed by atoms with Gasteiger partial charge in [-0.15, -0.1) is 11.8 Å². The van der Waals surface area contributed by atoms with Crippen LogP contribution < -0.4 is 11.1 Å². The van der Waals surface area contributed by atoms with Crippen molar-refractivity contribution in [2.24, 2.45) is 5.16 Å².